The second kappa shape index (κ2) is 4.97. The van der Waals surface area contributed by atoms with Crippen molar-refractivity contribution in [2.45, 2.75) is 45.1 Å². The predicted octanol–water partition coefficient (Wildman–Crippen LogP) is 2.34. The Morgan fingerprint density at radius 3 is 2.10 bits per heavy atom. The standard InChI is InChI=1S/C8H17N.ClH/c1-2-7-3-5-8(9)6-4-7;/h7-8H,2-6,9H2,1H3;1H/t7-,8+;. The predicted molar refractivity (Wildman–Crippen MR) is 47.5 cm³/mol. The van der Waals surface area contributed by atoms with Gasteiger partial charge in [0.2, 0.25) is 0 Å². The molecule has 1 saturated carbocycles. The fourth-order valence-electron chi connectivity index (χ4n) is 1.60. The van der Waals surface area contributed by atoms with Gasteiger partial charge in [0.25, 0.3) is 0 Å². The van der Waals surface area contributed by atoms with Crippen molar-refractivity contribution in [3.05, 3.63) is 0 Å². The largest absolute Gasteiger partial charge is 0.328 e. The first-order valence-electron chi connectivity index (χ1n) is 4.08. The molecule has 1 aliphatic carbocycles. The Labute approximate surface area is 69.8 Å². The van der Waals surface area contributed by atoms with Gasteiger partial charge >= 0.3 is 0 Å². The van der Waals surface area contributed by atoms with E-state index in [1.165, 1.54) is 32.1 Å². The number of hydrogen-bond acceptors (Lipinski definition) is 1. The van der Waals surface area contributed by atoms with Gasteiger partial charge < -0.3 is 5.73 Å². The molecule has 1 rings (SSSR count). The SMILES string of the molecule is CC[C@H]1CC[C@@H](N)CC1.Cl. The highest BCUT2D eigenvalue weighted by Gasteiger charge is 2.15. The highest BCUT2D eigenvalue weighted by molar-refractivity contribution is 5.85. The Morgan fingerprint density at radius 2 is 1.70 bits per heavy atom. The zero-order valence-corrected chi connectivity index (χ0v) is 7.49. The third-order valence-corrected chi connectivity index (χ3v) is 2.47. The first-order chi connectivity index (χ1) is 4.33. The molecule has 62 valence electrons. The van der Waals surface area contributed by atoms with E-state index in [9.17, 15) is 0 Å². The summed E-state index contributed by atoms with van der Waals surface area (Å²) in [7, 11) is 0. The minimum absolute atomic E-state index is 0. The number of hydrogen-bond donors (Lipinski definition) is 1. The van der Waals surface area contributed by atoms with E-state index in [0.717, 1.165) is 5.92 Å². The van der Waals surface area contributed by atoms with Crippen LogP contribution in [-0.2, 0) is 0 Å². The molecule has 1 nitrogen and oxygen atoms in total. The summed E-state index contributed by atoms with van der Waals surface area (Å²) in [4.78, 5) is 0. The molecule has 0 heterocycles. The Hall–Kier alpha value is 0.250. The van der Waals surface area contributed by atoms with E-state index >= 15 is 0 Å². The van der Waals surface area contributed by atoms with Crippen LogP contribution in [0.1, 0.15) is 39.0 Å². The van der Waals surface area contributed by atoms with Crippen LogP contribution in [0, 0.1) is 5.92 Å². The molecule has 0 amide bonds. The molecule has 0 radical (unpaired) electrons. The van der Waals surface area contributed by atoms with E-state index < -0.39 is 0 Å². The smallest absolute Gasteiger partial charge is 0.00390 e. The molecule has 0 bridgehead atoms. The molecule has 1 fully saturated rings. The maximum Gasteiger partial charge on any atom is 0.00390 e. The molecule has 0 aromatic carbocycles. The second-order valence-corrected chi connectivity index (χ2v) is 3.19. The van der Waals surface area contributed by atoms with Crippen molar-refractivity contribution in [3.8, 4) is 0 Å². The Balaban J connectivity index is 0.000000810. The summed E-state index contributed by atoms with van der Waals surface area (Å²) in [5, 5.41) is 0. The van der Waals surface area contributed by atoms with Crippen molar-refractivity contribution >= 4 is 12.4 Å². The first kappa shape index (κ1) is 10.2. The van der Waals surface area contributed by atoms with Gasteiger partial charge in [-0.15, -0.1) is 12.4 Å². The summed E-state index contributed by atoms with van der Waals surface area (Å²) in [6, 6.07) is 0.521. The van der Waals surface area contributed by atoms with Gasteiger partial charge in [-0.3, -0.25) is 0 Å². The van der Waals surface area contributed by atoms with Crippen molar-refractivity contribution < 1.29 is 0 Å². The maximum absolute atomic E-state index is 5.75. The summed E-state index contributed by atoms with van der Waals surface area (Å²) in [5.41, 5.74) is 5.75. The van der Waals surface area contributed by atoms with Crippen molar-refractivity contribution in [1.29, 1.82) is 0 Å². The van der Waals surface area contributed by atoms with Gasteiger partial charge in [-0.25, -0.2) is 0 Å². The summed E-state index contributed by atoms with van der Waals surface area (Å²) < 4.78 is 0. The van der Waals surface area contributed by atoms with Crippen LogP contribution < -0.4 is 5.73 Å². The van der Waals surface area contributed by atoms with Crippen LogP contribution >= 0.6 is 12.4 Å². The third-order valence-electron chi connectivity index (χ3n) is 2.47. The topological polar surface area (TPSA) is 26.0 Å². The molecule has 2 heteroatoms. The third kappa shape index (κ3) is 2.89. The normalized spacial score (nSPS) is 33.0. The summed E-state index contributed by atoms with van der Waals surface area (Å²) >= 11 is 0. The van der Waals surface area contributed by atoms with Gasteiger partial charge in [0.05, 0.1) is 0 Å². The summed E-state index contributed by atoms with van der Waals surface area (Å²) in [6.45, 7) is 2.28. The molecule has 10 heavy (non-hydrogen) atoms. The molecular weight excluding hydrogens is 146 g/mol. The van der Waals surface area contributed by atoms with E-state index in [0.29, 0.717) is 6.04 Å². The zero-order chi connectivity index (χ0) is 6.69. The number of halogens is 1. The van der Waals surface area contributed by atoms with Crippen molar-refractivity contribution in [1.82, 2.24) is 0 Å². The molecule has 0 aromatic heterocycles. The van der Waals surface area contributed by atoms with Crippen LogP contribution in [0.2, 0.25) is 0 Å². The van der Waals surface area contributed by atoms with Crippen LogP contribution in [0.15, 0.2) is 0 Å². The van der Waals surface area contributed by atoms with Gasteiger partial charge in [0.15, 0.2) is 0 Å². The van der Waals surface area contributed by atoms with E-state index in [1.54, 1.807) is 0 Å². The van der Waals surface area contributed by atoms with Crippen LogP contribution in [0.3, 0.4) is 0 Å². The highest BCUT2D eigenvalue weighted by Crippen LogP contribution is 2.24. The zero-order valence-electron chi connectivity index (χ0n) is 6.68. The van der Waals surface area contributed by atoms with Gasteiger partial charge in [-0.05, 0) is 31.6 Å². The lowest BCUT2D eigenvalue weighted by molar-refractivity contribution is 0.319. The van der Waals surface area contributed by atoms with Crippen LogP contribution in [0.5, 0.6) is 0 Å². The second-order valence-electron chi connectivity index (χ2n) is 3.19. The molecule has 0 aromatic rings. The Bertz CT molecular complexity index is 77.3. The van der Waals surface area contributed by atoms with E-state index in [1.807, 2.05) is 0 Å². The Morgan fingerprint density at radius 1 is 1.20 bits per heavy atom. The Kier molecular flexibility index (Phi) is 5.10. The van der Waals surface area contributed by atoms with Gasteiger partial charge in [0.1, 0.15) is 0 Å². The van der Waals surface area contributed by atoms with Crippen molar-refractivity contribution in [2.24, 2.45) is 11.7 Å². The average Bonchev–Trinajstić information content (AvgIpc) is 1.90. The van der Waals surface area contributed by atoms with Crippen LogP contribution in [0.4, 0.5) is 0 Å². The quantitative estimate of drug-likeness (QED) is 0.631. The minimum atomic E-state index is 0. The first-order valence-corrected chi connectivity index (χ1v) is 4.08. The fourth-order valence-corrected chi connectivity index (χ4v) is 1.60. The summed E-state index contributed by atoms with van der Waals surface area (Å²) in [5.74, 6) is 0.991. The highest BCUT2D eigenvalue weighted by atomic mass is 35.5. The minimum Gasteiger partial charge on any atom is -0.328 e. The van der Waals surface area contributed by atoms with Crippen LogP contribution in [-0.4, -0.2) is 6.04 Å². The van der Waals surface area contributed by atoms with E-state index in [4.69, 9.17) is 5.73 Å². The molecule has 0 saturated heterocycles. The number of nitrogens with two attached hydrogens (primary N) is 1. The van der Waals surface area contributed by atoms with Gasteiger partial charge in [-0.1, -0.05) is 13.3 Å². The molecule has 0 aliphatic heterocycles. The lowest BCUT2D eigenvalue weighted by atomic mass is 9.85. The van der Waals surface area contributed by atoms with Crippen molar-refractivity contribution in [3.63, 3.8) is 0 Å². The van der Waals surface area contributed by atoms with Gasteiger partial charge in [0, 0.05) is 6.04 Å². The monoisotopic (exact) mass is 163 g/mol. The number of rotatable bonds is 1. The van der Waals surface area contributed by atoms with Gasteiger partial charge in [-0.2, -0.15) is 0 Å². The lowest BCUT2D eigenvalue weighted by Gasteiger charge is -2.24. The molecular formula is C8H18ClN. The average molecular weight is 164 g/mol. The van der Waals surface area contributed by atoms with Crippen molar-refractivity contribution in [2.75, 3.05) is 0 Å². The molecule has 0 atom stereocenters. The van der Waals surface area contributed by atoms with E-state index in [2.05, 4.69) is 6.92 Å². The summed E-state index contributed by atoms with van der Waals surface area (Å²) in [6.07, 6.45) is 6.62. The molecule has 0 unspecified atom stereocenters. The maximum atomic E-state index is 5.75. The molecule has 0 spiro atoms. The van der Waals surface area contributed by atoms with E-state index in [-0.39, 0.29) is 12.4 Å². The van der Waals surface area contributed by atoms with Crippen LogP contribution in [0.25, 0.3) is 0 Å². The lowest BCUT2D eigenvalue weighted by Crippen LogP contribution is -2.26. The molecule has 2 N–H and O–H groups in total. The fraction of sp³-hybridized carbons (Fsp3) is 1.00. The molecule has 1 aliphatic rings.